The molecule has 3 heterocycles. The molecule has 1 unspecified atom stereocenters. The van der Waals surface area contributed by atoms with Crippen LogP contribution in [0.3, 0.4) is 0 Å². The second-order valence-electron chi connectivity index (χ2n) is 5.96. The number of carbonyl (C=O) groups excluding carboxylic acids is 1. The molecule has 1 atom stereocenters. The number of nitrogens with one attached hydrogen (secondary N) is 1. The highest BCUT2D eigenvalue weighted by atomic mass is 35.5. The first-order valence-electron chi connectivity index (χ1n) is 8.50. The molecule has 6 nitrogen and oxygen atoms in total. The van der Waals surface area contributed by atoms with Crippen LogP contribution < -0.4 is 5.32 Å². The molecule has 3 aromatic heterocycles. The van der Waals surface area contributed by atoms with Crippen molar-refractivity contribution >= 4 is 46.0 Å². The number of hydrogen-bond donors (Lipinski definition) is 1. The summed E-state index contributed by atoms with van der Waals surface area (Å²) in [6.45, 7) is 1.82. The summed E-state index contributed by atoms with van der Waals surface area (Å²) in [6.07, 6.45) is 3.07. The van der Waals surface area contributed by atoms with Crippen molar-refractivity contribution in [2.45, 2.75) is 17.2 Å². The molecule has 140 valence electrons. The van der Waals surface area contributed by atoms with Crippen LogP contribution in [0.1, 0.15) is 6.92 Å². The van der Waals surface area contributed by atoms with Crippen molar-refractivity contribution in [3.63, 3.8) is 0 Å². The van der Waals surface area contributed by atoms with Crippen molar-refractivity contribution in [1.29, 1.82) is 0 Å². The molecule has 0 spiro atoms. The van der Waals surface area contributed by atoms with E-state index in [-0.39, 0.29) is 5.91 Å². The van der Waals surface area contributed by atoms with Gasteiger partial charge in [0.05, 0.1) is 22.1 Å². The van der Waals surface area contributed by atoms with Crippen LogP contribution in [-0.4, -0.2) is 26.1 Å². The number of benzene rings is 1. The highest BCUT2D eigenvalue weighted by molar-refractivity contribution is 8.00. The second-order valence-corrected chi connectivity index (χ2v) is 7.72. The summed E-state index contributed by atoms with van der Waals surface area (Å²) in [5, 5.41) is 4.49. The number of nitrogens with zero attached hydrogens (tertiary/aromatic N) is 3. The molecule has 0 radical (unpaired) electrons. The number of rotatable bonds is 5. The third-order valence-corrected chi connectivity index (χ3v) is 5.27. The summed E-state index contributed by atoms with van der Waals surface area (Å²) < 4.78 is 5.43. The average molecular weight is 411 g/mol. The molecule has 0 aliphatic carbocycles. The second kappa shape index (κ2) is 8.00. The van der Waals surface area contributed by atoms with Gasteiger partial charge in [0.15, 0.2) is 11.6 Å². The van der Waals surface area contributed by atoms with Gasteiger partial charge in [-0.2, -0.15) is 0 Å². The molecule has 4 rings (SSSR count). The molecule has 0 aliphatic heterocycles. The van der Waals surface area contributed by atoms with Gasteiger partial charge >= 0.3 is 0 Å². The van der Waals surface area contributed by atoms with Crippen LogP contribution in [-0.2, 0) is 4.79 Å². The van der Waals surface area contributed by atoms with Crippen molar-refractivity contribution in [2.24, 2.45) is 0 Å². The zero-order chi connectivity index (χ0) is 19.5. The zero-order valence-electron chi connectivity index (χ0n) is 14.8. The van der Waals surface area contributed by atoms with Crippen LogP contribution >= 0.6 is 23.4 Å². The van der Waals surface area contributed by atoms with Gasteiger partial charge in [-0.25, -0.2) is 15.0 Å². The van der Waals surface area contributed by atoms with Gasteiger partial charge in [0.2, 0.25) is 5.91 Å². The minimum absolute atomic E-state index is 0.179. The number of hydrogen-bond acceptors (Lipinski definition) is 6. The maximum atomic E-state index is 12.6. The molecule has 8 heteroatoms. The molecule has 1 N–H and O–H groups in total. The Hall–Kier alpha value is -2.90. The number of aromatic nitrogens is 3. The van der Waals surface area contributed by atoms with E-state index in [4.69, 9.17) is 16.0 Å². The lowest BCUT2D eigenvalue weighted by atomic mass is 10.2. The van der Waals surface area contributed by atoms with Gasteiger partial charge in [0.25, 0.3) is 0 Å². The molecule has 4 aromatic rings. The van der Waals surface area contributed by atoms with E-state index in [1.54, 1.807) is 30.5 Å². The Morgan fingerprint density at radius 3 is 2.75 bits per heavy atom. The van der Waals surface area contributed by atoms with E-state index in [0.29, 0.717) is 27.5 Å². The standard InChI is InChI=1S/C20H15ClN4O2S/c1-12(19(26)24-17-9-8-13(21)11-22-17)28-20-14-5-2-3-6-15(14)23-18(25-20)16-7-4-10-27-16/h2-12H,1H3,(H,22,24,26). The maximum absolute atomic E-state index is 12.6. The minimum atomic E-state index is -0.403. The first-order chi connectivity index (χ1) is 13.6. The maximum Gasteiger partial charge on any atom is 0.238 e. The van der Waals surface area contributed by atoms with Crippen LogP contribution in [0.15, 0.2) is 70.4 Å². The van der Waals surface area contributed by atoms with Crippen molar-refractivity contribution < 1.29 is 9.21 Å². The Balaban J connectivity index is 1.61. The van der Waals surface area contributed by atoms with E-state index in [2.05, 4.69) is 20.3 Å². The van der Waals surface area contributed by atoms with Gasteiger partial charge in [-0.05, 0) is 37.3 Å². The molecule has 0 saturated carbocycles. The summed E-state index contributed by atoms with van der Waals surface area (Å²) in [7, 11) is 0. The molecular formula is C20H15ClN4O2S. The van der Waals surface area contributed by atoms with Crippen LogP contribution in [0.25, 0.3) is 22.5 Å². The number of carbonyl (C=O) groups is 1. The first-order valence-corrected chi connectivity index (χ1v) is 9.75. The Morgan fingerprint density at radius 2 is 2.00 bits per heavy atom. The smallest absolute Gasteiger partial charge is 0.238 e. The van der Waals surface area contributed by atoms with Crippen LogP contribution in [0.2, 0.25) is 5.02 Å². The van der Waals surface area contributed by atoms with Gasteiger partial charge in [0, 0.05) is 11.6 Å². The summed E-state index contributed by atoms with van der Waals surface area (Å²) >= 11 is 7.19. The number of fused-ring (bicyclic) bond motifs is 1. The zero-order valence-corrected chi connectivity index (χ0v) is 16.4. The summed E-state index contributed by atoms with van der Waals surface area (Å²) in [5.41, 5.74) is 0.790. The normalized spacial score (nSPS) is 12.1. The van der Waals surface area contributed by atoms with Crippen molar-refractivity contribution in [3.05, 3.63) is 66.0 Å². The fraction of sp³-hybridized carbons (Fsp3) is 0.100. The highest BCUT2D eigenvalue weighted by Gasteiger charge is 2.19. The van der Waals surface area contributed by atoms with Crippen molar-refractivity contribution in [1.82, 2.24) is 15.0 Å². The van der Waals surface area contributed by atoms with Crippen molar-refractivity contribution in [2.75, 3.05) is 5.32 Å². The van der Waals surface area contributed by atoms with E-state index < -0.39 is 5.25 Å². The molecule has 1 aromatic carbocycles. The van der Waals surface area contributed by atoms with Gasteiger partial charge in [-0.15, -0.1) is 0 Å². The van der Waals surface area contributed by atoms with Gasteiger partial charge < -0.3 is 9.73 Å². The van der Waals surface area contributed by atoms with E-state index in [0.717, 1.165) is 10.9 Å². The fourth-order valence-corrected chi connectivity index (χ4v) is 3.60. The van der Waals surface area contributed by atoms with Gasteiger partial charge in [0.1, 0.15) is 10.8 Å². The van der Waals surface area contributed by atoms with Crippen molar-refractivity contribution in [3.8, 4) is 11.6 Å². The van der Waals surface area contributed by atoms with Gasteiger partial charge in [-0.1, -0.05) is 41.6 Å². The number of pyridine rings is 1. The third kappa shape index (κ3) is 4.00. The number of amides is 1. The first kappa shape index (κ1) is 18.5. The SMILES string of the molecule is CC(Sc1nc(-c2ccco2)nc2ccccc12)C(=O)Nc1ccc(Cl)cn1. The number of thioether (sulfide) groups is 1. The molecule has 1 amide bonds. The molecule has 0 bridgehead atoms. The lowest BCUT2D eigenvalue weighted by Gasteiger charge is -2.13. The Labute approximate surface area is 170 Å². The fourth-order valence-electron chi connectivity index (χ4n) is 2.55. The Bertz CT molecular complexity index is 1120. The van der Waals surface area contributed by atoms with E-state index in [9.17, 15) is 4.79 Å². The molecule has 0 aliphatic rings. The van der Waals surface area contributed by atoms with E-state index >= 15 is 0 Å². The number of halogens is 1. The Morgan fingerprint density at radius 1 is 1.14 bits per heavy atom. The predicted molar refractivity (Wildman–Crippen MR) is 110 cm³/mol. The van der Waals surface area contributed by atoms with Crippen LogP contribution in [0.5, 0.6) is 0 Å². The van der Waals surface area contributed by atoms with E-state index in [1.807, 2.05) is 31.2 Å². The Kier molecular flexibility index (Phi) is 5.27. The molecule has 28 heavy (non-hydrogen) atoms. The summed E-state index contributed by atoms with van der Waals surface area (Å²) in [5.74, 6) is 1.33. The topological polar surface area (TPSA) is 80.9 Å². The average Bonchev–Trinajstić information content (AvgIpc) is 3.24. The summed E-state index contributed by atoms with van der Waals surface area (Å²) in [6, 6.07) is 14.6. The quantitative estimate of drug-likeness (QED) is 0.366. The molecule has 0 fully saturated rings. The monoisotopic (exact) mass is 410 g/mol. The van der Waals surface area contributed by atoms with Gasteiger partial charge in [-0.3, -0.25) is 4.79 Å². The largest absolute Gasteiger partial charge is 0.461 e. The minimum Gasteiger partial charge on any atom is -0.461 e. The number of para-hydroxylation sites is 1. The lowest BCUT2D eigenvalue weighted by Crippen LogP contribution is -2.23. The van der Waals surface area contributed by atoms with Crippen LogP contribution in [0.4, 0.5) is 5.82 Å². The predicted octanol–water partition coefficient (Wildman–Crippen LogP) is 5.06. The molecule has 0 saturated heterocycles. The number of furan rings is 1. The van der Waals surface area contributed by atoms with E-state index in [1.165, 1.54) is 18.0 Å². The molecular weight excluding hydrogens is 396 g/mol. The highest BCUT2D eigenvalue weighted by Crippen LogP contribution is 2.31. The third-order valence-electron chi connectivity index (χ3n) is 3.95. The van der Waals surface area contributed by atoms with Crippen LogP contribution in [0, 0.1) is 0 Å². The number of anilines is 1. The lowest BCUT2D eigenvalue weighted by molar-refractivity contribution is -0.115. The summed E-state index contributed by atoms with van der Waals surface area (Å²) in [4.78, 5) is 25.9.